The van der Waals surface area contributed by atoms with Crippen LogP contribution in [0.3, 0.4) is 0 Å². The maximum absolute atomic E-state index is 10.4. The van der Waals surface area contributed by atoms with Crippen LogP contribution < -0.4 is 0 Å². The lowest BCUT2D eigenvalue weighted by Crippen LogP contribution is -1.93. The molecular weight excluding hydrogens is 424 g/mol. The predicted octanol–water partition coefficient (Wildman–Crippen LogP) is 8.73. The molecule has 4 heteroatoms. The number of carboxylic acid groups (broad SMARTS) is 2. The van der Waals surface area contributed by atoms with Crippen molar-refractivity contribution in [3.05, 3.63) is 72.9 Å². The minimum atomic E-state index is -0.688. The van der Waals surface area contributed by atoms with Gasteiger partial charge in [-0.2, -0.15) is 0 Å². The summed E-state index contributed by atoms with van der Waals surface area (Å²) in [5, 5.41) is 17.2. The fourth-order valence-corrected chi connectivity index (χ4v) is 3.35. The summed E-state index contributed by atoms with van der Waals surface area (Å²) in [5.74, 6) is -1.38. The fraction of sp³-hybridized carbons (Fsp3) is 0.533. The van der Waals surface area contributed by atoms with Crippen LogP contribution in [0.4, 0.5) is 0 Å². The van der Waals surface area contributed by atoms with Crippen LogP contribution in [-0.4, -0.2) is 22.2 Å². The van der Waals surface area contributed by atoms with Crippen molar-refractivity contribution in [2.75, 3.05) is 0 Å². The Bertz CT molecular complexity index is 607. The second-order valence-corrected chi connectivity index (χ2v) is 8.50. The number of allylic oxidation sites excluding steroid dienone is 12. The zero-order valence-corrected chi connectivity index (χ0v) is 21.0. The summed E-state index contributed by atoms with van der Waals surface area (Å²) in [6, 6.07) is 0. The highest BCUT2D eigenvalue weighted by Gasteiger charge is 1.97. The first-order chi connectivity index (χ1) is 16.6. The number of aliphatic carboxylic acids is 2. The second-order valence-electron chi connectivity index (χ2n) is 8.50. The third-order valence-electron chi connectivity index (χ3n) is 5.30. The van der Waals surface area contributed by atoms with Gasteiger partial charge in [0, 0.05) is 12.8 Å². The van der Waals surface area contributed by atoms with Crippen molar-refractivity contribution < 1.29 is 19.8 Å². The van der Waals surface area contributed by atoms with Crippen LogP contribution in [0, 0.1) is 0 Å². The van der Waals surface area contributed by atoms with Gasteiger partial charge in [-0.1, -0.05) is 124 Å². The topological polar surface area (TPSA) is 74.6 Å². The highest BCUT2D eigenvalue weighted by molar-refractivity contribution is 5.66. The lowest BCUT2D eigenvalue weighted by atomic mass is 10.1. The SMILES string of the molecule is O=C(O)CCCCCCCCC=CC=CC=CC=CC=CC=CCCCCCCCCC(=O)O. The van der Waals surface area contributed by atoms with E-state index in [9.17, 15) is 9.59 Å². The van der Waals surface area contributed by atoms with E-state index < -0.39 is 11.9 Å². The van der Waals surface area contributed by atoms with Crippen LogP contribution in [0.25, 0.3) is 0 Å². The van der Waals surface area contributed by atoms with Crippen molar-refractivity contribution in [1.29, 1.82) is 0 Å². The van der Waals surface area contributed by atoms with Crippen molar-refractivity contribution >= 4 is 11.9 Å². The smallest absolute Gasteiger partial charge is 0.303 e. The van der Waals surface area contributed by atoms with Gasteiger partial charge < -0.3 is 10.2 Å². The van der Waals surface area contributed by atoms with Crippen LogP contribution in [0.2, 0.25) is 0 Å². The summed E-state index contributed by atoms with van der Waals surface area (Å²) in [7, 11) is 0. The summed E-state index contributed by atoms with van der Waals surface area (Å²) >= 11 is 0. The molecule has 0 unspecified atom stereocenters. The van der Waals surface area contributed by atoms with Gasteiger partial charge in [-0.05, 0) is 38.5 Å². The molecule has 2 N–H and O–H groups in total. The Morgan fingerprint density at radius 3 is 0.971 bits per heavy atom. The monoisotopic (exact) mass is 470 g/mol. The van der Waals surface area contributed by atoms with Crippen molar-refractivity contribution in [2.24, 2.45) is 0 Å². The molecule has 34 heavy (non-hydrogen) atoms. The third-order valence-corrected chi connectivity index (χ3v) is 5.30. The van der Waals surface area contributed by atoms with E-state index >= 15 is 0 Å². The molecule has 0 bridgehead atoms. The van der Waals surface area contributed by atoms with E-state index in [4.69, 9.17) is 10.2 Å². The molecule has 0 saturated carbocycles. The van der Waals surface area contributed by atoms with Crippen LogP contribution in [-0.2, 0) is 9.59 Å². The first-order valence-electron chi connectivity index (χ1n) is 13.0. The summed E-state index contributed by atoms with van der Waals surface area (Å²) in [5.41, 5.74) is 0. The molecule has 0 heterocycles. The average molecular weight is 471 g/mol. The van der Waals surface area contributed by atoms with Gasteiger partial charge in [-0.3, -0.25) is 9.59 Å². The number of unbranched alkanes of at least 4 members (excludes halogenated alkanes) is 12. The fourth-order valence-electron chi connectivity index (χ4n) is 3.35. The molecule has 0 atom stereocenters. The Labute approximate surface area is 207 Å². The van der Waals surface area contributed by atoms with Gasteiger partial charge in [-0.15, -0.1) is 0 Å². The Morgan fingerprint density at radius 1 is 0.382 bits per heavy atom. The van der Waals surface area contributed by atoms with Gasteiger partial charge in [-0.25, -0.2) is 0 Å². The van der Waals surface area contributed by atoms with Crippen LogP contribution >= 0.6 is 0 Å². The zero-order valence-electron chi connectivity index (χ0n) is 21.0. The molecule has 0 spiro atoms. The third kappa shape index (κ3) is 29.4. The predicted molar refractivity (Wildman–Crippen MR) is 144 cm³/mol. The minimum absolute atomic E-state index is 0.302. The van der Waals surface area contributed by atoms with Gasteiger partial charge in [0.05, 0.1) is 0 Å². The number of carbonyl (C=O) groups is 2. The standard InChI is InChI=1S/C30H46O4/c31-29(32)27-25-23-21-19-17-15-13-11-9-7-5-3-1-2-4-6-8-10-12-14-16-18-20-22-24-26-28-30(33)34/h1-12H,13-28H2,(H,31,32)(H,33,34). The minimum Gasteiger partial charge on any atom is -0.481 e. The van der Waals surface area contributed by atoms with Crippen LogP contribution in [0.15, 0.2) is 72.9 Å². The van der Waals surface area contributed by atoms with Gasteiger partial charge in [0.25, 0.3) is 0 Å². The largest absolute Gasteiger partial charge is 0.481 e. The van der Waals surface area contributed by atoms with Gasteiger partial charge in [0.2, 0.25) is 0 Å². The first kappa shape index (κ1) is 31.4. The number of hydrogen-bond acceptors (Lipinski definition) is 2. The van der Waals surface area contributed by atoms with E-state index in [-0.39, 0.29) is 0 Å². The lowest BCUT2D eigenvalue weighted by Gasteiger charge is -1.99. The molecule has 0 aromatic rings. The Balaban J connectivity index is 3.51. The zero-order chi connectivity index (χ0) is 25.0. The molecule has 0 aliphatic carbocycles. The van der Waals surface area contributed by atoms with Crippen molar-refractivity contribution in [3.63, 3.8) is 0 Å². The van der Waals surface area contributed by atoms with Gasteiger partial charge >= 0.3 is 11.9 Å². The molecule has 0 amide bonds. The van der Waals surface area contributed by atoms with Gasteiger partial charge in [0.1, 0.15) is 0 Å². The molecule has 4 nitrogen and oxygen atoms in total. The van der Waals surface area contributed by atoms with E-state index in [2.05, 4.69) is 24.3 Å². The van der Waals surface area contributed by atoms with E-state index in [1.165, 1.54) is 38.5 Å². The molecule has 0 aliphatic rings. The normalized spacial score (nSPS) is 12.6. The molecule has 0 rings (SSSR count). The first-order valence-corrected chi connectivity index (χ1v) is 13.0. The summed E-state index contributed by atoms with van der Waals surface area (Å²) in [4.78, 5) is 20.8. The van der Waals surface area contributed by atoms with Crippen molar-refractivity contribution in [1.82, 2.24) is 0 Å². The van der Waals surface area contributed by atoms with E-state index in [0.29, 0.717) is 12.8 Å². The maximum atomic E-state index is 10.4. The molecule has 0 radical (unpaired) electrons. The summed E-state index contributed by atoms with van der Waals surface area (Å²) < 4.78 is 0. The Hall–Kier alpha value is -2.62. The van der Waals surface area contributed by atoms with Crippen LogP contribution in [0.5, 0.6) is 0 Å². The number of rotatable bonds is 23. The summed E-state index contributed by atoms with van der Waals surface area (Å²) in [6.45, 7) is 0. The lowest BCUT2D eigenvalue weighted by molar-refractivity contribution is -0.138. The van der Waals surface area contributed by atoms with E-state index in [1.54, 1.807) is 0 Å². The van der Waals surface area contributed by atoms with E-state index in [1.807, 2.05) is 48.6 Å². The van der Waals surface area contributed by atoms with Gasteiger partial charge in [0.15, 0.2) is 0 Å². The highest BCUT2D eigenvalue weighted by atomic mass is 16.4. The molecule has 0 saturated heterocycles. The van der Waals surface area contributed by atoms with Crippen molar-refractivity contribution in [3.8, 4) is 0 Å². The van der Waals surface area contributed by atoms with E-state index in [0.717, 1.165) is 51.4 Å². The molecule has 0 aromatic carbocycles. The Morgan fingerprint density at radius 2 is 0.647 bits per heavy atom. The molecule has 0 fully saturated rings. The Kier molecular flexibility index (Phi) is 24.6. The number of hydrogen-bond donors (Lipinski definition) is 2. The molecule has 190 valence electrons. The molecular formula is C30H46O4. The second kappa shape index (κ2) is 26.6. The average Bonchev–Trinajstić information content (AvgIpc) is 2.80. The molecule has 0 aromatic heterocycles. The van der Waals surface area contributed by atoms with Crippen LogP contribution in [0.1, 0.15) is 103 Å². The van der Waals surface area contributed by atoms with Crippen molar-refractivity contribution in [2.45, 2.75) is 103 Å². The highest BCUT2D eigenvalue weighted by Crippen LogP contribution is 2.10. The maximum Gasteiger partial charge on any atom is 0.303 e. The summed E-state index contributed by atoms with van der Waals surface area (Å²) in [6.07, 6.45) is 40.7. The number of carboxylic acids is 2. The quantitative estimate of drug-likeness (QED) is 0.116. The molecule has 0 aliphatic heterocycles.